The molecule has 2 heterocycles. The molecule has 2 rings (SSSR count). The Bertz CT molecular complexity index is 453. The van der Waals surface area contributed by atoms with E-state index >= 15 is 0 Å². The van der Waals surface area contributed by atoms with Crippen molar-refractivity contribution in [3.8, 4) is 0 Å². The number of nitrogens with zero attached hydrogens (tertiary/aromatic N) is 3. The molecule has 0 aliphatic carbocycles. The lowest BCUT2D eigenvalue weighted by Crippen LogP contribution is -2.46. The minimum absolute atomic E-state index is 0.201. The summed E-state index contributed by atoms with van der Waals surface area (Å²) < 4.78 is 0. The smallest absolute Gasteiger partial charge is 0.178 e. The van der Waals surface area contributed by atoms with Gasteiger partial charge < -0.3 is 4.90 Å². The number of Topliss-reactive ketones (excluding diaryl/α,β-unsaturated/α-hetero) is 1. The second-order valence-electron chi connectivity index (χ2n) is 5.54. The van der Waals surface area contributed by atoms with E-state index in [0.717, 1.165) is 48.7 Å². The van der Waals surface area contributed by atoms with Gasteiger partial charge >= 0.3 is 0 Å². The third-order valence-corrected chi connectivity index (χ3v) is 3.77. The van der Waals surface area contributed by atoms with E-state index in [1.165, 1.54) is 0 Å². The molecule has 0 amide bonds. The van der Waals surface area contributed by atoms with E-state index in [0.29, 0.717) is 6.54 Å². The van der Waals surface area contributed by atoms with Crippen LogP contribution in [-0.4, -0.2) is 60.3 Å². The number of carbonyl (C=O) groups excluding carboxylic acids is 1. The Kier molecular flexibility index (Phi) is 4.32. The van der Waals surface area contributed by atoms with Crippen molar-refractivity contribution in [1.29, 1.82) is 0 Å². The minimum atomic E-state index is 0.201. The van der Waals surface area contributed by atoms with E-state index in [1.807, 2.05) is 26.8 Å². The first-order valence-electron chi connectivity index (χ1n) is 6.86. The van der Waals surface area contributed by atoms with Gasteiger partial charge in [0, 0.05) is 43.1 Å². The zero-order valence-corrected chi connectivity index (χ0v) is 12.4. The number of aryl methyl sites for hydroxylation is 3. The van der Waals surface area contributed by atoms with Crippen LogP contribution in [0.5, 0.6) is 0 Å². The summed E-state index contributed by atoms with van der Waals surface area (Å²) in [6.07, 6.45) is 0. The van der Waals surface area contributed by atoms with Gasteiger partial charge in [0.25, 0.3) is 0 Å². The first-order valence-corrected chi connectivity index (χ1v) is 6.86. The molecule has 0 N–H and O–H groups in total. The summed E-state index contributed by atoms with van der Waals surface area (Å²) in [6, 6.07) is 1.99. The summed E-state index contributed by atoms with van der Waals surface area (Å²) in [5.74, 6) is 0.201. The predicted octanol–water partition coefficient (Wildman–Crippen LogP) is 1.44. The van der Waals surface area contributed by atoms with Crippen LogP contribution in [-0.2, 0) is 0 Å². The van der Waals surface area contributed by atoms with Crippen molar-refractivity contribution in [3.63, 3.8) is 0 Å². The molecule has 1 saturated heterocycles. The van der Waals surface area contributed by atoms with Crippen LogP contribution in [0.3, 0.4) is 0 Å². The van der Waals surface area contributed by atoms with Crippen molar-refractivity contribution in [2.24, 2.45) is 0 Å². The van der Waals surface area contributed by atoms with E-state index in [4.69, 9.17) is 0 Å². The molecule has 1 fully saturated rings. The summed E-state index contributed by atoms with van der Waals surface area (Å²) in [7, 11) is 2.12. The normalized spacial score (nSPS) is 17.7. The van der Waals surface area contributed by atoms with Crippen LogP contribution in [0, 0.1) is 20.8 Å². The number of aromatic nitrogens is 1. The molecule has 104 valence electrons. The molecule has 1 aromatic heterocycles. The van der Waals surface area contributed by atoms with Crippen LogP contribution >= 0.6 is 0 Å². The number of ketones is 1. The molecule has 0 unspecified atom stereocenters. The van der Waals surface area contributed by atoms with Gasteiger partial charge in [-0.05, 0) is 39.4 Å². The van der Waals surface area contributed by atoms with Crippen LogP contribution in [0.2, 0.25) is 0 Å². The third kappa shape index (κ3) is 3.39. The van der Waals surface area contributed by atoms with Crippen molar-refractivity contribution in [1.82, 2.24) is 14.8 Å². The monoisotopic (exact) mass is 261 g/mol. The van der Waals surface area contributed by atoms with E-state index < -0.39 is 0 Å². The zero-order chi connectivity index (χ0) is 14.0. The zero-order valence-electron chi connectivity index (χ0n) is 12.4. The summed E-state index contributed by atoms with van der Waals surface area (Å²) in [4.78, 5) is 21.4. The topological polar surface area (TPSA) is 36.4 Å². The Morgan fingerprint density at radius 3 is 2.42 bits per heavy atom. The SMILES string of the molecule is Cc1cc(C)c(C(=O)CN2CCN(C)CC2)c(C)n1. The van der Waals surface area contributed by atoms with E-state index in [-0.39, 0.29) is 5.78 Å². The Morgan fingerprint density at radius 2 is 1.84 bits per heavy atom. The van der Waals surface area contributed by atoms with E-state index in [2.05, 4.69) is 21.8 Å². The van der Waals surface area contributed by atoms with Crippen LogP contribution < -0.4 is 0 Å². The molecule has 0 spiro atoms. The van der Waals surface area contributed by atoms with Crippen molar-refractivity contribution in [2.45, 2.75) is 20.8 Å². The lowest BCUT2D eigenvalue weighted by Gasteiger charge is -2.31. The quantitative estimate of drug-likeness (QED) is 0.771. The number of hydrogen-bond donors (Lipinski definition) is 0. The van der Waals surface area contributed by atoms with Crippen LogP contribution in [0.1, 0.15) is 27.3 Å². The van der Waals surface area contributed by atoms with Gasteiger partial charge in [-0.2, -0.15) is 0 Å². The largest absolute Gasteiger partial charge is 0.304 e. The Morgan fingerprint density at radius 1 is 1.21 bits per heavy atom. The summed E-state index contributed by atoms with van der Waals surface area (Å²) >= 11 is 0. The first-order chi connectivity index (χ1) is 8.97. The second-order valence-corrected chi connectivity index (χ2v) is 5.54. The maximum Gasteiger partial charge on any atom is 0.178 e. The molecular formula is C15H23N3O. The van der Waals surface area contributed by atoms with Gasteiger partial charge in [-0.3, -0.25) is 14.7 Å². The number of pyridine rings is 1. The average molecular weight is 261 g/mol. The second kappa shape index (κ2) is 5.80. The molecule has 0 aromatic carbocycles. The van der Waals surface area contributed by atoms with Crippen molar-refractivity contribution < 1.29 is 4.79 Å². The standard InChI is InChI=1S/C15H23N3O/c1-11-9-12(2)16-13(3)15(11)14(19)10-18-7-5-17(4)6-8-18/h9H,5-8,10H2,1-4H3. The predicted molar refractivity (Wildman–Crippen MR) is 76.7 cm³/mol. The third-order valence-electron chi connectivity index (χ3n) is 3.77. The van der Waals surface area contributed by atoms with E-state index in [9.17, 15) is 4.79 Å². The maximum atomic E-state index is 12.5. The first kappa shape index (κ1) is 14.2. The molecule has 4 heteroatoms. The maximum absolute atomic E-state index is 12.5. The van der Waals surface area contributed by atoms with Crippen molar-refractivity contribution in [2.75, 3.05) is 39.8 Å². The highest BCUT2D eigenvalue weighted by atomic mass is 16.1. The molecule has 0 atom stereocenters. The summed E-state index contributed by atoms with van der Waals surface area (Å²) in [6.45, 7) is 10.4. The molecule has 4 nitrogen and oxygen atoms in total. The number of carbonyl (C=O) groups is 1. The van der Waals surface area contributed by atoms with Crippen LogP contribution in [0.15, 0.2) is 6.07 Å². The Balaban J connectivity index is 2.08. The molecule has 0 bridgehead atoms. The highest BCUT2D eigenvalue weighted by Crippen LogP contribution is 2.15. The molecule has 0 saturated carbocycles. The van der Waals surface area contributed by atoms with Gasteiger partial charge in [0.15, 0.2) is 5.78 Å². The molecule has 19 heavy (non-hydrogen) atoms. The summed E-state index contributed by atoms with van der Waals surface area (Å²) in [5, 5.41) is 0. The molecule has 0 radical (unpaired) electrons. The van der Waals surface area contributed by atoms with Gasteiger partial charge in [0.1, 0.15) is 0 Å². The van der Waals surface area contributed by atoms with Gasteiger partial charge in [-0.15, -0.1) is 0 Å². The Hall–Kier alpha value is -1.26. The fraction of sp³-hybridized carbons (Fsp3) is 0.600. The van der Waals surface area contributed by atoms with Gasteiger partial charge in [-0.25, -0.2) is 0 Å². The highest BCUT2D eigenvalue weighted by molar-refractivity contribution is 5.99. The van der Waals surface area contributed by atoms with Gasteiger partial charge in [0.2, 0.25) is 0 Å². The number of piperazine rings is 1. The molecular weight excluding hydrogens is 238 g/mol. The van der Waals surface area contributed by atoms with Gasteiger partial charge in [0.05, 0.1) is 6.54 Å². The van der Waals surface area contributed by atoms with Crippen LogP contribution in [0.25, 0.3) is 0 Å². The minimum Gasteiger partial charge on any atom is -0.304 e. The highest BCUT2D eigenvalue weighted by Gasteiger charge is 2.20. The number of likely N-dealkylation sites (N-methyl/N-ethyl adjacent to an activating group) is 1. The lowest BCUT2D eigenvalue weighted by molar-refractivity contribution is 0.0875. The number of hydrogen-bond acceptors (Lipinski definition) is 4. The molecule has 1 aliphatic heterocycles. The lowest BCUT2D eigenvalue weighted by atomic mass is 10.0. The fourth-order valence-electron chi connectivity index (χ4n) is 2.73. The fourth-order valence-corrected chi connectivity index (χ4v) is 2.73. The van der Waals surface area contributed by atoms with E-state index in [1.54, 1.807) is 0 Å². The van der Waals surface area contributed by atoms with Crippen molar-refractivity contribution in [3.05, 3.63) is 28.6 Å². The van der Waals surface area contributed by atoms with Crippen molar-refractivity contribution >= 4 is 5.78 Å². The Labute approximate surface area is 115 Å². The molecule has 1 aromatic rings. The average Bonchev–Trinajstić information content (AvgIpc) is 2.30. The van der Waals surface area contributed by atoms with Crippen LogP contribution in [0.4, 0.5) is 0 Å². The van der Waals surface area contributed by atoms with Gasteiger partial charge in [-0.1, -0.05) is 0 Å². The molecule has 1 aliphatic rings. The number of rotatable bonds is 3. The summed E-state index contributed by atoms with van der Waals surface area (Å²) in [5.41, 5.74) is 3.69.